The van der Waals surface area contributed by atoms with Crippen molar-refractivity contribution in [3.63, 3.8) is 0 Å². The van der Waals surface area contributed by atoms with Gasteiger partial charge in [0.05, 0.1) is 31.2 Å². The number of nitrogens with one attached hydrogen (secondary N) is 1. The minimum Gasteiger partial charge on any atom is -0.455 e. The zero-order valence-corrected chi connectivity index (χ0v) is 25.3. The number of cyclic esters (lactones) is 1. The first-order chi connectivity index (χ1) is 20.6. The molecule has 0 unspecified atom stereocenters. The predicted molar refractivity (Wildman–Crippen MR) is 158 cm³/mol. The van der Waals surface area contributed by atoms with Crippen molar-refractivity contribution in [2.24, 2.45) is 17.8 Å². The molecule has 4 aliphatic heterocycles. The summed E-state index contributed by atoms with van der Waals surface area (Å²) in [7, 11) is 0. The van der Waals surface area contributed by atoms with Gasteiger partial charge in [-0.15, -0.1) is 0 Å². The Bertz CT molecular complexity index is 1280. The third-order valence-electron chi connectivity index (χ3n) is 8.99. The zero-order chi connectivity index (χ0) is 30.9. The van der Waals surface area contributed by atoms with Crippen molar-refractivity contribution in [2.75, 3.05) is 19.7 Å². The molecular weight excluding hydrogens is 550 g/mol. The van der Waals surface area contributed by atoms with E-state index in [9.17, 15) is 24.3 Å². The number of esters is 1. The lowest BCUT2D eigenvalue weighted by Crippen LogP contribution is -2.59. The Morgan fingerprint density at radius 1 is 1.05 bits per heavy atom. The van der Waals surface area contributed by atoms with E-state index in [0.717, 1.165) is 0 Å². The van der Waals surface area contributed by atoms with Crippen molar-refractivity contribution >= 4 is 23.7 Å². The molecule has 3 amide bonds. The first-order valence-electron chi connectivity index (χ1n) is 15.4. The second-order valence-electron chi connectivity index (χ2n) is 12.6. The molecule has 2 N–H and O–H groups in total. The van der Waals surface area contributed by atoms with Crippen LogP contribution < -0.4 is 5.32 Å². The number of allylic oxidation sites excluding steroid dienone is 1. The van der Waals surface area contributed by atoms with Gasteiger partial charge >= 0.3 is 5.97 Å². The molecule has 0 aliphatic carbocycles. The SMILES string of the molecule is CC(C)C[C@H](CO)N1C(=O)[C@H]2[C@@H]3C(=O)O[C@H](c4ccccc4)CNC(=O)CC/C=C\CN(C(C)C)C(=O)[C@H]1[C@@]21C=C[C@@H]3O1. The lowest BCUT2D eigenvalue weighted by atomic mass is 9.74. The maximum Gasteiger partial charge on any atom is 0.313 e. The fraction of sp³-hybridized carbons (Fsp3) is 0.576. The third-order valence-corrected chi connectivity index (χ3v) is 8.99. The Morgan fingerprint density at radius 3 is 2.47 bits per heavy atom. The van der Waals surface area contributed by atoms with Crippen molar-refractivity contribution in [1.29, 1.82) is 0 Å². The molecule has 0 radical (unpaired) electrons. The van der Waals surface area contributed by atoms with Crippen LogP contribution in [0.2, 0.25) is 0 Å². The van der Waals surface area contributed by atoms with Crippen LogP contribution in [0, 0.1) is 17.8 Å². The molecule has 5 bridgehead atoms. The number of aliphatic hydroxyl groups is 1. The summed E-state index contributed by atoms with van der Waals surface area (Å²) in [6.45, 7) is 7.84. The molecule has 1 aromatic rings. The number of amides is 3. The highest BCUT2D eigenvalue weighted by atomic mass is 16.6. The maximum atomic E-state index is 14.5. The second kappa shape index (κ2) is 12.6. The molecular formula is C33H43N3O7. The van der Waals surface area contributed by atoms with Gasteiger partial charge in [0.1, 0.15) is 23.7 Å². The Morgan fingerprint density at radius 2 is 1.79 bits per heavy atom. The molecule has 7 atom stereocenters. The Kier molecular flexibility index (Phi) is 9.08. The van der Waals surface area contributed by atoms with Crippen LogP contribution in [-0.2, 0) is 28.7 Å². The lowest BCUT2D eigenvalue weighted by molar-refractivity contribution is -0.160. The highest BCUT2D eigenvalue weighted by Gasteiger charge is 2.74. The monoisotopic (exact) mass is 593 g/mol. The average molecular weight is 594 g/mol. The average Bonchev–Trinajstić information content (AvgIpc) is 3.62. The van der Waals surface area contributed by atoms with Gasteiger partial charge in [0.25, 0.3) is 0 Å². The van der Waals surface area contributed by atoms with E-state index in [4.69, 9.17) is 9.47 Å². The number of hydrogen-bond donors (Lipinski definition) is 2. The normalized spacial score (nSPS) is 32.8. The van der Waals surface area contributed by atoms with Crippen LogP contribution in [0.25, 0.3) is 0 Å². The molecule has 1 spiro atoms. The summed E-state index contributed by atoms with van der Waals surface area (Å²) in [6, 6.07) is 7.27. The lowest BCUT2D eigenvalue weighted by Gasteiger charge is -2.40. The van der Waals surface area contributed by atoms with E-state index in [-0.39, 0.29) is 49.9 Å². The van der Waals surface area contributed by atoms with Crippen LogP contribution in [0.5, 0.6) is 0 Å². The van der Waals surface area contributed by atoms with Gasteiger partial charge < -0.3 is 29.7 Å². The van der Waals surface area contributed by atoms with E-state index >= 15 is 0 Å². The van der Waals surface area contributed by atoms with Gasteiger partial charge in [-0.05, 0) is 38.2 Å². The van der Waals surface area contributed by atoms with Crippen molar-refractivity contribution in [1.82, 2.24) is 15.1 Å². The quantitative estimate of drug-likeness (QED) is 0.384. The summed E-state index contributed by atoms with van der Waals surface area (Å²) in [5.74, 6) is -3.33. The van der Waals surface area contributed by atoms with E-state index in [1.165, 1.54) is 4.90 Å². The first-order valence-corrected chi connectivity index (χ1v) is 15.4. The summed E-state index contributed by atoms with van der Waals surface area (Å²) in [6.07, 6.45) is 6.93. The molecule has 232 valence electrons. The van der Waals surface area contributed by atoms with Gasteiger partial charge in [-0.3, -0.25) is 19.2 Å². The second-order valence-corrected chi connectivity index (χ2v) is 12.6. The largest absolute Gasteiger partial charge is 0.455 e. The highest BCUT2D eigenvalue weighted by Crippen LogP contribution is 2.56. The highest BCUT2D eigenvalue weighted by molar-refractivity contribution is 5.99. The molecule has 0 aromatic heterocycles. The Hall–Kier alpha value is -3.50. The molecule has 4 heterocycles. The number of ether oxygens (including phenoxy) is 2. The number of carbonyl (C=O) groups excluding carboxylic acids is 4. The summed E-state index contributed by atoms with van der Waals surface area (Å²) >= 11 is 0. The number of likely N-dealkylation sites (tertiary alicyclic amines) is 1. The number of hydrogen-bond acceptors (Lipinski definition) is 7. The molecule has 2 saturated heterocycles. The van der Waals surface area contributed by atoms with Crippen molar-refractivity contribution < 1.29 is 33.8 Å². The minimum atomic E-state index is -1.37. The molecule has 5 rings (SSSR count). The summed E-state index contributed by atoms with van der Waals surface area (Å²) in [4.78, 5) is 58.8. The zero-order valence-electron chi connectivity index (χ0n) is 25.3. The molecule has 4 aliphatic rings. The van der Waals surface area contributed by atoms with Gasteiger partial charge in [-0.1, -0.05) is 68.5 Å². The van der Waals surface area contributed by atoms with Gasteiger partial charge in [0.2, 0.25) is 17.7 Å². The van der Waals surface area contributed by atoms with E-state index in [1.807, 2.05) is 70.2 Å². The van der Waals surface area contributed by atoms with Crippen LogP contribution >= 0.6 is 0 Å². The summed E-state index contributed by atoms with van der Waals surface area (Å²) in [5, 5.41) is 13.4. The minimum absolute atomic E-state index is 0.0749. The Balaban J connectivity index is 1.59. The third kappa shape index (κ3) is 5.74. The van der Waals surface area contributed by atoms with E-state index in [0.29, 0.717) is 18.4 Å². The molecule has 43 heavy (non-hydrogen) atoms. The number of benzene rings is 1. The number of fused-ring (bicyclic) bond motifs is 2. The standard InChI is InChI=1S/C33H43N3O7/c1-20(2)17-23(19-37)36-29-31(40)35(21(3)4)16-10-6-9-13-26(38)34-18-25(22-11-7-5-8-12-22)42-32(41)27-24-14-15-33(29,43-24)28(27)30(36)39/h5-8,10-12,14-15,20-21,23-25,27-29,37H,9,13,16-19H2,1-4H3,(H,34,38)/b10-6-/t23-,24+,25+,27-,28-,29+,33-/m1/s1. The number of rotatable bonds is 6. The van der Waals surface area contributed by atoms with Gasteiger partial charge in [-0.25, -0.2) is 0 Å². The number of aliphatic hydroxyl groups excluding tert-OH is 1. The van der Waals surface area contributed by atoms with Gasteiger partial charge in [-0.2, -0.15) is 0 Å². The van der Waals surface area contributed by atoms with E-state index in [1.54, 1.807) is 17.1 Å². The molecule has 10 heteroatoms. The van der Waals surface area contributed by atoms with Crippen LogP contribution in [0.4, 0.5) is 0 Å². The molecule has 0 saturated carbocycles. The van der Waals surface area contributed by atoms with Gasteiger partial charge in [0.15, 0.2) is 0 Å². The number of nitrogens with zero attached hydrogens (tertiary/aromatic N) is 2. The topological polar surface area (TPSA) is 125 Å². The van der Waals surface area contributed by atoms with Crippen LogP contribution in [0.3, 0.4) is 0 Å². The van der Waals surface area contributed by atoms with Crippen LogP contribution in [0.15, 0.2) is 54.6 Å². The fourth-order valence-electron chi connectivity index (χ4n) is 7.01. The van der Waals surface area contributed by atoms with Crippen molar-refractivity contribution in [2.45, 2.75) is 82.9 Å². The summed E-state index contributed by atoms with van der Waals surface area (Å²) in [5.41, 5.74) is -0.658. The smallest absolute Gasteiger partial charge is 0.313 e. The van der Waals surface area contributed by atoms with Gasteiger partial charge in [0, 0.05) is 19.0 Å². The molecule has 2 fully saturated rings. The Labute approximate surface area is 253 Å². The van der Waals surface area contributed by atoms with E-state index < -0.39 is 53.6 Å². The first kappa shape index (κ1) is 30.9. The van der Waals surface area contributed by atoms with Crippen LogP contribution in [0.1, 0.15) is 58.6 Å². The molecule has 1 aromatic carbocycles. The van der Waals surface area contributed by atoms with E-state index in [2.05, 4.69) is 5.32 Å². The number of carbonyl (C=O) groups is 4. The van der Waals surface area contributed by atoms with Crippen LogP contribution in [-0.4, -0.2) is 88.1 Å². The molecule has 10 nitrogen and oxygen atoms in total. The maximum absolute atomic E-state index is 14.5. The van der Waals surface area contributed by atoms with Crippen molar-refractivity contribution in [3.8, 4) is 0 Å². The summed E-state index contributed by atoms with van der Waals surface area (Å²) < 4.78 is 12.6. The van der Waals surface area contributed by atoms with Crippen molar-refractivity contribution in [3.05, 3.63) is 60.2 Å². The predicted octanol–water partition coefficient (Wildman–Crippen LogP) is 2.53. The fourth-order valence-corrected chi connectivity index (χ4v) is 7.01.